The van der Waals surface area contributed by atoms with Crippen LogP contribution in [0, 0.1) is 0 Å². The number of nitrogens with zero attached hydrogens (tertiary/aromatic N) is 4. The Labute approximate surface area is 165 Å². The van der Waals surface area contributed by atoms with Crippen molar-refractivity contribution in [3.05, 3.63) is 101 Å². The minimum Gasteiger partial charge on any atom is -0.294 e. The van der Waals surface area contributed by atoms with Crippen LogP contribution in [-0.4, -0.2) is 19.3 Å². The van der Waals surface area contributed by atoms with Crippen LogP contribution >= 0.6 is 11.3 Å². The Morgan fingerprint density at radius 1 is 0.929 bits per heavy atom. The zero-order chi connectivity index (χ0) is 18.9. The smallest absolute Gasteiger partial charge is 0.262 e. The average molecular weight is 384 g/mol. The lowest BCUT2D eigenvalue weighted by Crippen LogP contribution is -2.20. The van der Waals surface area contributed by atoms with Crippen LogP contribution < -0.4 is 5.56 Å². The normalized spacial score (nSPS) is 11.1. The Hall–Kier alpha value is -3.51. The predicted octanol–water partition coefficient (Wildman–Crippen LogP) is 4.36. The first-order valence-corrected chi connectivity index (χ1v) is 9.79. The lowest BCUT2D eigenvalue weighted by Gasteiger charge is -2.05. The number of benzene rings is 2. The van der Waals surface area contributed by atoms with Gasteiger partial charge in [-0.05, 0) is 23.6 Å². The number of hydrogen-bond acceptors (Lipinski definition) is 4. The third kappa shape index (κ3) is 2.93. The molecule has 0 bridgehead atoms. The van der Waals surface area contributed by atoms with Crippen molar-refractivity contribution >= 4 is 21.6 Å². The molecular formula is C22H16N4OS. The highest BCUT2D eigenvalue weighted by molar-refractivity contribution is 7.16. The lowest BCUT2D eigenvalue weighted by atomic mass is 10.1. The summed E-state index contributed by atoms with van der Waals surface area (Å²) in [5, 5.41) is 7.36. The molecule has 0 fully saturated rings. The molecule has 0 N–H and O–H groups in total. The van der Waals surface area contributed by atoms with Gasteiger partial charge in [0, 0.05) is 17.3 Å². The molecule has 5 rings (SSSR count). The average Bonchev–Trinajstić information content (AvgIpc) is 3.39. The fourth-order valence-electron chi connectivity index (χ4n) is 3.27. The van der Waals surface area contributed by atoms with Crippen molar-refractivity contribution in [1.29, 1.82) is 0 Å². The summed E-state index contributed by atoms with van der Waals surface area (Å²) in [6.07, 6.45) is 3.61. The largest absolute Gasteiger partial charge is 0.294 e. The molecule has 2 aromatic carbocycles. The molecule has 0 aliphatic carbocycles. The molecule has 0 saturated heterocycles. The molecule has 0 unspecified atom stereocenters. The Kier molecular flexibility index (Phi) is 4.10. The molecule has 0 aliphatic rings. The molecular weight excluding hydrogens is 368 g/mol. The van der Waals surface area contributed by atoms with Crippen molar-refractivity contribution in [2.45, 2.75) is 6.54 Å². The van der Waals surface area contributed by atoms with Gasteiger partial charge in [0.15, 0.2) is 0 Å². The van der Waals surface area contributed by atoms with Gasteiger partial charge in [-0.1, -0.05) is 48.5 Å². The Balaban J connectivity index is 1.63. The fraction of sp³-hybridized carbons (Fsp3) is 0.0455. The highest BCUT2D eigenvalue weighted by atomic mass is 32.1. The number of aromatic nitrogens is 4. The summed E-state index contributed by atoms with van der Waals surface area (Å²) < 4.78 is 3.51. The number of para-hydroxylation sites is 1. The summed E-state index contributed by atoms with van der Waals surface area (Å²) >= 11 is 1.48. The van der Waals surface area contributed by atoms with Gasteiger partial charge in [-0.25, -0.2) is 9.67 Å². The van der Waals surface area contributed by atoms with Crippen molar-refractivity contribution in [3.63, 3.8) is 0 Å². The van der Waals surface area contributed by atoms with Crippen molar-refractivity contribution in [2.24, 2.45) is 0 Å². The topological polar surface area (TPSA) is 52.7 Å². The van der Waals surface area contributed by atoms with E-state index in [2.05, 4.69) is 4.98 Å². The van der Waals surface area contributed by atoms with Gasteiger partial charge < -0.3 is 0 Å². The third-order valence-electron chi connectivity index (χ3n) is 4.65. The van der Waals surface area contributed by atoms with Crippen molar-refractivity contribution < 1.29 is 0 Å². The SMILES string of the molecule is O=c1c2ccsc2ncn1Cc1cn(-c2ccccc2)nc1-c1ccccc1. The van der Waals surface area contributed by atoms with E-state index < -0.39 is 0 Å². The Morgan fingerprint density at radius 2 is 1.68 bits per heavy atom. The van der Waals surface area contributed by atoms with Gasteiger partial charge in [0.25, 0.3) is 5.56 Å². The van der Waals surface area contributed by atoms with Gasteiger partial charge >= 0.3 is 0 Å². The summed E-state index contributed by atoms with van der Waals surface area (Å²) in [5.41, 5.74) is 3.79. The predicted molar refractivity (Wildman–Crippen MR) is 112 cm³/mol. The van der Waals surface area contributed by atoms with Crippen LogP contribution in [0.25, 0.3) is 27.2 Å². The molecule has 0 atom stereocenters. The monoisotopic (exact) mass is 384 g/mol. The van der Waals surface area contributed by atoms with Crippen LogP contribution in [-0.2, 0) is 6.54 Å². The van der Waals surface area contributed by atoms with E-state index in [4.69, 9.17) is 5.10 Å². The van der Waals surface area contributed by atoms with Gasteiger partial charge in [-0.3, -0.25) is 9.36 Å². The van der Waals surface area contributed by atoms with Crippen LogP contribution in [0.2, 0.25) is 0 Å². The molecule has 0 aliphatic heterocycles. The molecule has 5 nitrogen and oxygen atoms in total. The minimum absolute atomic E-state index is 0.0299. The standard InChI is InChI=1S/C22H16N4OS/c27-22-19-11-12-28-21(19)23-15-25(22)13-17-14-26(18-9-5-2-6-10-18)24-20(17)16-7-3-1-4-8-16/h1-12,14-15H,13H2. The third-order valence-corrected chi connectivity index (χ3v) is 5.47. The second kappa shape index (κ2) is 6.90. The molecule has 0 amide bonds. The Bertz CT molecular complexity index is 1300. The van der Waals surface area contributed by atoms with E-state index in [0.717, 1.165) is 27.3 Å². The molecule has 3 heterocycles. The molecule has 136 valence electrons. The van der Waals surface area contributed by atoms with Crippen molar-refractivity contribution in [2.75, 3.05) is 0 Å². The molecule has 6 heteroatoms. The number of rotatable bonds is 4. The fourth-order valence-corrected chi connectivity index (χ4v) is 3.99. The van der Waals surface area contributed by atoms with Crippen LogP contribution in [0.1, 0.15) is 5.56 Å². The lowest BCUT2D eigenvalue weighted by molar-refractivity contribution is 0.750. The maximum Gasteiger partial charge on any atom is 0.262 e. The van der Waals surface area contributed by atoms with Crippen molar-refractivity contribution in [3.8, 4) is 16.9 Å². The highest BCUT2D eigenvalue weighted by Crippen LogP contribution is 2.24. The van der Waals surface area contributed by atoms with E-state index in [-0.39, 0.29) is 5.56 Å². The van der Waals surface area contributed by atoms with Gasteiger partial charge in [0.05, 0.1) is 29.6 Å². The quantitative estimate of drug-likeness (QED) is 0.463. The first-order valence-electron chi connectivity index (χ1n) is 8.91. The highest BCUT2D eigenvalue weighted by Gasteiger charge is 2.14. The summed E-state index contributed by atoms with van der Waals surface area (Å²) in [4.78, 5) is 18.0. The van der Waals surface area contributed by atoms with Crippen LogP contribution in [0.3, 0.4) is 0 Å². The van der Waals surface area contributed by atoms with E-state index in [1.165, 1.54) is 11.3 Å². The summed E-state index contributed by atoms with van der Waals surface area (Å²) in [6.45, 7) is 0.411. The number of fused-ring (bicyclic) bond motifs is 1. The van der Waals surface area contributed by atoms with Gasteiger partial charge in [-0.2, -0.15) is 5.10 Å². The molecule has 0 saturated carbocycles. The first-order chi connectivity index (χ1) is 13.8. The zero-order valence-electron chi connectivity index (χ0n) is 14.9. The van der Waals surface area contributed by atoms with Crippen LogP contribution in [0.4, 0.5) is 0 Å². The van der Waals surface area contributed by atoms with E-state index in [0.29, 0.717) is 11.9 Å². The van der Waals surface area contributed by atoms with Gasteiger partial charge in [-0.15, -0.1) is 11.3 Å². The second-order valence-corrected chi connectivity index (χ2v) is 7.36. The summed E-state index contributed by atoms with van der Waals surface area (Å²) in [7, 11) is 0. The van der Waals surface area contributed by atoms with Crippen molar-refractivity contribution in [1.82, 2.24) is 19.3 Å². The van der Waals surface area contributed by atoms with Crippen LogP contribution in [0.15, 0.2) is 89.4 Å². The van der Waals surface area contributed by atoms with E-state index in [1.54, 1.807) is 10.9 Å². The summed E-state index contributed by atoms with van der Waals surface area (Å²) in [6, 6.07) is 21.8. The maximum absolute atomic E-state index is 12.8. The molecule has 0 radical (unpaired) electrons. The number of thiophene rings is 1. The summed E-state index contributed by atoms with van der Waals surface area (Å²) in [5.74, 6) is 0. The maximum atomic E-state index is 12.8. The molecule has 5 aromatic rings. The molecule has 28 heavy (non-hydrogen) atoms. The van der Waals surface area contributed by atoms with Crippen LogP contribution in [0.5, 0.6) is 0 Å². The van der Waals surface area contributed by atoms with E-state index in [1.807, 2.05) is 83.0 Å². The van der Waals surface area contributed by atoms with Gasteiger partial charge in [0.1, 0.15) is 4.83 Å². The zero-order valence-corrected chi connectivity index (χ0v) is 15.7. The molecule has 0 spiro atoms. The van der Waals surface area contributed by atoms with Gasteiger partial charge in [0.2, 0.25) is 0 Å². The van der Waals surface area contributed by atoms with E-state index in [9.17, 15) is 4.79 Å². The second-order valence-electron chi connectivity index (χ2n) is 6.47. The Morgan fingerprint density at radius 3 is 2.46 bits per heavy atom. The van der Waals surface area contributed by atoms with E-state index >= 15 is 0 Å². The number of hydrogen-bond donors (Lipinski definition) is 0. The minimum atomic E-state index is -0.0299. The first kappa shape index (κ1) is 16.6. The molecule has 3 aromatic heterocycles.